The molecule has 2 aromatic carbocycles. The van der Waals surface area contributed by atoms with Gasteiger partial charge in [-0.1, -0.05) is 30.3 Å². The summed E-state index contributed by atoms with van der Waals surface area (Å²) in [4.78, 5) is 43.6. The molecule has 1 saturated heterocycles. The van der Waals surface area contributed by atoms with E-state index in [1.807, 2.05) is 22.3 Å². The molecule has 2 aliphatic heterocycles. The van der Waals surface area contributed by atoms with E-state index in [9.17, 15) is 19.7 Å². The number of amides is 2. The number of fused-ring (bicyclic) bond motifs is 1. The maximum absolute atomic E-state index is 13.1. The minimum absolute atomic E-state index is 0.0413. The van der Waals surface area contributed by atoms with Crippen LogP contribution in [0, 0.1) is 10.1 Å². The highest BCUT2D eigenvalue weighted by Gasteiger charge is 2.31. The molecular formula is C27H28N4O4S. The molecule has 186 valence electrons. The van der Waals surface area contributed by atoms with Crippen molar-refractivity contribution in [2.75, 3.05) is 39.3 Å². The summed E-state index contributed by atoms with van der Waals surface area (Å²) in [6.45, 7) is 3.52. The predicted molar refractivity (Wildman–Crippen MR) is 138 cm³/mol. The zero-order valence-electron chi connectivity index (χ0n) is 19.9. The number of hydrogen-bond donors (Lipinski definition) is 0. The molecule has 2 aliphatic rings. The van der Waals surface area contributed by atoms with Crippen LogP contribution < -0.4 is 0 Å². The molecule has 1 unspecified atom stereocenters. The molecule has 3 aromatic rings. The lowest BCUT2D eigenvalue weighted by Gasteiger charge is -2.38. The quantitative estimate of drug-likeness (QED) is 0.374. The van der Waals surface area contributed by atoms with Crippen LogP contribution in [0.4, 0.5) is 5.69 Å². The monoisotopic (exact) mass is 504 g/mol. The molecule has 2 amide bonds. The van der Waals surface area contributed by atoms with Crippen LogP contribution in [0.3, 0.4) is 0 Å². The van der Waals surface area contributed by atoms with Gasteiger partial charge in [-0.3, -0.25) is 24.6 Å². The van der Waals surface area contributed by atoms with E-state index < -0.39 is 4.92 Å². The van der Waals surface area contributed by atoms with E-state index in [0.717, 1.165) is 13.0 Å². The van der Waals surface area contributed by atoms with Crippen molar-refractivity contribution >= 4 is 28.8 Å². The minimum Gasteiger partial charge on any atom is -0.339 e. The molecule has 36 heavy (non-hydrogen) atoms. The second-order valence-electron chi connectivity index (χ2n) is 9.13. The lowest BCUT2D eigenvalue weighted by atomic mass is 9.93. The fraction of sp³-hybridized carbons (Fsp3) is 0.333. The summed E-state index contributed by atoms with van der Waals surface area (Å²) >= 11 is 1.81. The molecule has 0 bridgehead atoms. The second-order valence-corrected chi connectivity index (χ2v) is 10.1. The van der Waals surface area contributed by atoms with Crippen molar-refractivity contribution in [3.8, 4) is 0 Å². The summed E-state index contributed by atoms with van der Waals surface area (Å²) in [6, 6.07) is 18.5. The Morgan fingerprint density at radius 3 is 2.31 bits per heavy atom. The first-order chi connectivity index (χ1) is 17.5. The lowest BCUT2D eigenvalue weighted by molar-refractivity contribution is -0.384. The number of thiophene rings is 1. The molecule has 9 heteroatoms. The van der Waals surface area contributed by atoms with E-state index >= 15 is 0 Å². The summed E-state index contributed by atoms with van der Waals surface area (Å²) in [6.07, 6.45) is 1.45. The standard InChI is InChI=1S/C27H28N4O4S/c32-25(28-15-17-30(18-16-28)27(33)21-6-8-22(9-7-21)31(34)35)11-14-29-13-10-24-23(12-19-36-24)26(29)20-4-2-1-3-5-20/h1-9,12,19,26H,10-11,13-18H2. The number of nitro groups is 1. The number of carbonyl (C=O) groups excluding carboxylic acids is 2. The summed E-state index contributed by atoms with van der Waals surface area (Å²) in [5, 5.41) is 13.0. The van der Waals surface area contributed by atoms with Crippen LogP contribution in [0.5, 0.6) is 0 Å². The van der Waals surface area contributed by atoms with E-state index in [2.05, 4.69) is 40.6 Å². The van der Waals surface area contributed by atoms with Gasteiger partial charge >= 0.3 is 0 Å². The third-order valence-corrected chi connectivity index (χ3v) is 8.04. The van der Waals surface area contributed by atoms with Gasteiger partial charge in [0.2, 0.25) is 5.91 Å². The molecule has 1 atom stereocenters. The lowest BCUT2D eigenvalue weighted by Crippen LogP contribution is -2.51. The summed E-state index contributed by atoms with van der Waals surface area (Å²) in [5.74, 6) is -0.0528. The average molecular weight is 505 g/mol. The van der Waals surface area contributed by atoms with Crippen molar-refractivity contribution in [1.82, 2.24) is 14.7 Å². The Labute approximate surface area is 213 Å². The van der Waals surface area contributed by atoms with Gasteiger partial charge in [-0.2, -0.15) is 0 Å². The molecule has 0 spiro atoms. The Bertz CT molecular complexity index is 1240. The third-order valence-electron chi connectivity index (χ3n) is 7.04. The number of non-ortho nitro benzene ring substituents is 1. The Hall–Kier alpha value is -3.56. The number of nitrogens with zero attached hydrogens (tertiary/aromatic N) is 4. The smallest absolute Gasteiger partial charge is 0.269 e. The Balaban J connectivity index is 1.16. The van der Waals surface area contributed by atoms with Gasteiger partial charge in [0.15, 0.2) is 0 Å². The fourth-order valence-corrected chi connectivity index (χ4v) is 6.00. The maximum Gasteiger partial charge on any atom is 0.269 e. The maximum atomic E-state index is 13.1. The first-order valence-corrected chi connectivity index (χ1v) is 13.1. The van der Waals surface area contributed by atoms with Gasteiger partial charge < -0.3 is 9.80 Å². The molecule has 1 aromatic heterocycles. The molecule has 8 nitrogen and oxygen atoms in total. The van der Waals surface area contributed by atoms with E-state index in [0.29, 0.717) is 44.7 Å². The number of nitro benzene ring substituents is 1. The van der Waals surface area contributed by atoms with Crippen LogP contribution >= 0.6 is 11.3 Å². The topological polar surface area (TPSA) is 87.0 Å². The van der Waals surface area contributed by atoms with Crippen molar-refractivity contribution in [1.29, 1.82) is 0 Å². The largest absolute Gasteiger partial charge is 0.339 e. The van der Waals surface area contributed by atoms with Gasteiger partial charge in [-0.25, -0.2) is 0 Å². The third kappa shape index (κ3) is 5.03. The summed E-state index contributed by atoms with van der Waals surface area (Å²) < 4.78 is 0. The van der Waals surface area contributed by atoms with Crippen LogP contribution in [0.1, 0.15) is 38.8 Å². The van der Waals surface area contributed by atoms with Crippen molar-refractivity contribution in [2.24, 2.45) is 0 Å². The summed E-state index contributed by atoms with van der Waals surface area (Å²) in [7, 11) is 0. The molecule has 1 fully saturated rings. The predicted octanol–water partition coefficient (Wildman–Crippen LogP) is 3.98. The van der Waals surface area contributed by atoms with Gasteiger partial charge in [-0.15, -0.1) is 11.3 Å². The van der Waals surface area contributed by atoms with Crippen LogP contribution in [-0.2, 0) is 11.2 Å². The van der Waals surface area contributed by atoms with Crippen molar-refractivity contribution in [3.63, 3.8) is 0 Å². The van der Waals surface area contributed by atoms with Gasteiger partial charge in [0.25, 0.3) is 11.6 Å². The molecule has 5 rings (SSSR count). The average Bonchev–Trinajstić information content (AvgIpc) is 3.40. The van der Waals surface area contributed by atoms with Gasteiger partial charge in [0, 0.05) is 68.3 Å². The molecule has 0 radical (unpaired) electrons. The molecular weight excluding hydrogens is 476 g/mol. The Morgan fingerprint density at radius 2 is 1.61 bits per heavy atom. The van der Waals surface area contributed by atoms with Crippen LogP contribution in [-0.4, -0.2) is 70.7 Å². The van der Waals surface area contributed by atoms with Gasteiger partial charge in [-0.05, 0) is 41.1 Å². The molecule has 0 aliphatic carbocycles. The van der Waals surface area contributed by atoms with Crippen LogP contribution in [0.25, 0.3) is 0 Å². The number of hydrogen-bond acceptors (Lipinski definition) is 6. The zero-order valence-corrected chi connectivity index (χ0v) is 20.7. The minimum atomic E-state index is -0.482. The van der Waals surface area contributed by atoms with Crippen molar-refractivity contribution < 1.29 is 14.5 Å². The van der Waals surface area contributed by atoms with E-state index in [1.165, 1.54) is 40.3 Å². The highest BCUT2D eigenvalue weighted by molar-refractivity contribution is 7.10. The second kappa shape index (κ2) is 10.6. The fourth-order valence-electron chi connectivity index (χ4n) is 5.10. The van der Waals surface area contributed by atoms with Crippen molar-refractivity contribution in [2.45, 2.75) is 18.9 Å². The number of carbonyl (C=O) groups is 2. The Morgan fingerprint density at radius 1 is 0.917 bits per heavy atom. The van der Waals surface area contributed by atoms with Crippen LogP contribution in [0.15, 0.2) is 66.0 Å². The van der Waals surface area contributed by atoms with E-state index in [4.69, 9.17) is 0 Å². The summed E-state index contributed by atoms with van der Waals surface area (Å²) in [5.41, 5.74) is 2.98. The molecule has 3 heterocycles. The molecule has 0 N–H and O–H groups in total. The van der Waals surface area contributed by atoms with Gasteiger partial charge in [0.1, 0.15) is 0 Å². The van der Waals surface area contributed by atoms with E-state index in [1.54, 1.807) is 4.90 Å². The van der Waals surface area contributed by atoms with Crippen LogP contribution in [0.2, 0.25) is 0 Å². The number of benzene rings is 2. The van der Waals surface area contributed by atoms with Gasteiger partial charge in [0.05, 0.1) is 11.0 Å². The first-order valence-electron chi connectivity index (χ1n) is 12.2. The SMILES string of the molecule is O=C(CCN1CCc2sccc2C1c1ccccc1)N1CCN(C(=O)c2ccc([N+](=O)[O-])cc2)CC1. The normalized spacial score (nSPS) is 18.1. The first kappa shape index (κ1) is 24.1. The zero-order chi connectivity index (χ0) is 25.1. The highest BCUT2D eigenvalue weighted by Crippen LogP contribution is 2.37. The Kier molecular flexibility index (Phi) is 7.11. The number of piperazine rings is 1. The highest BCUT2D eigenvalue weighted by atomic mass is 32.1. The molecule has 0 saturated carbocycles. The number of rotatable bonds is 6. The van der Waals surface area contributed by atoms with Crippen molar-refractivity contribution in [3.05, 3.63) is 97.7 Å². The van der Waals surface area contributed by atoms with E-state index in [-0.39, 0.29) is 23.5 Å².